The maximum atomic E-state index is 12.4. The second-order valence-electron chi connectivity index (χ2n) is 8.72. The molecule has 0 fully saturated rings. The lowest BCUT2D eigenvalue weighted by atomic mass is 9.84. The fraction of sp³-hybridized carbons (Fsp3) is 0.321. The van der Waals surface area contributed by atoms with Gasteiger partial charge in [0.05, 0.1) is 39.4 Å². The summed E-state index contributed by atoms with van der Waals surface area (Å²) in [6.07, 6.45) is 0.234. The summed E-state index contributed by atoms with van der Waals surface area (Å²) in [4.78, 5) is 12.4. The van der Waals surface area contributed by atoms with Crippen molar-refractivity contribution in [3.8, 4) is 5.75 Å². The first-order valence-electron chi connectivity index (χ1n) is 11.6. The number of aromatic nitrogens is 3. The Bertz CT molecular complexity index is 1330. The number of benzene rings is 3. The molecule has 4 rings (SSSR count). The van der Waals surface area contributed by atoms with Crippen molar-refractivity contribution in [2.45, 2.75) is 39.4 Å². The fourth-order valence-corrected chi connectivity index (χ4v) is 4.35. The number of aryl methyl sites for hydroxylation is 3. The zero-order chi connectivity index (χ0) is 24.9. The summed E-state index contributed by atoms with van der Waals surface area (Å²) in [7, 11) is 4.95. The van der Waals surface area contributed by atoms with Gasteiger partial charge in [-0.3, -0.25) is 4.79 Å². The molecule has 0 unspecified atom stereocenters. The Kier molecular flexibility index (Phi) is 7.46. The van der Waals surface area contributed by atoms with Gasteiger partial charge in [0.15, 0.2) is 0 Å². The summed E-state index contributed by atoms with van der Waals surface area (Å²) >= 11 is 0. The summed E-state index contributed by atoms with van der Waals surface area (Å²) in [5.41, 5.74) is 8.20. The number of nitrogens with zero attached hydrogens (tertiary/aromatic N) is 3. The Morgan fingerprint density at radius 2 is 1.77 bits per heavy atom. The molecule has 0 amide bonds. The van der Waals surface area contributed by atoms with Gasteiger partial charge in [-0.25, -0.2) is 4.68 Å². The highest BCUT2D eigenvalue weighted by Gasteiger charge is 2.23. The van der Waals surface area contributed by atoms with E-state index < -0.39 is 0 Å². The molecule has 35 heavy (non-hydrogen) atoms. The van der Waals surface area contributed by atoms with E-state index in [2.05, 4.69) is 41.5 Å². The van der Waals surface area contributed by atoms with Crippen LogP contribution in [0.3, 0.4) is 0 Å². The van der Waals surface area contributed by atoms with Gasteiger partial charge < -0.3 is 14.2 Å². The van der Waals surface area contributed by atoms with Crippen molar-refractivity contribution in [2.75, 3.05) is 14.2 Å². The predicted octanol–water partition coefficient (Wildman–Crippen LogP) is 5.01. The minimum absolute atomic E-state index is 0.171. The van der Waals surface area contributed by atoms with Crippen molar-refractivity contribution in [3.63, 3.8) is 0 Å². The molecule has 0 aliphatic rings. The molecule has 1 atom stereocenters. The highest BCUT2D eigenvalue weighted by atomic mass is 16.5. The van der Waals surface area contributed by atoms with E-state index in [4.69, 9.17) is 14.2 Å². The number of hydrogen-bond donors (Lipinski definition) is 0. The Morgan fingerprint density at radius 3 is 2.49 bits per heavy atom. The molecule has 7 nitrogen and oxygen atoms in total. The average Bonchev–Trinajstić information content (AvgIpc) is 3.26. The van der Waals surface area contributed by atoms with Gasteiger partial charge >= 0.3 is 5.97 Å². The maximum absolute atomic E-state index is 12.4. The molecule has 4 aromatic rings. The lowest BCUT2D eigenvalue weighted by Crippen LogP contribution is -2.12. The van der Waals surface area contributed by atoms with E-state index in [0.717, 1.165) is 50.2 Å². The third-order valence-electron chi connectivity index (χ3n) is 6.51. The Hall–Kier alpha value is -3.71. The molecule has 0 bridgehead atoms. The van der Waals surface area contributed by atoms with Crippen LogP contribution in [0.15, 0.2) is 54.6 Å². The summed E-state index contributed by atoms with van der Waals surface area (Å²) in [5, 5.41) is 8.49. The monoisotopic (exact) mass is 473 g/mol. The lowest BCUT2D eigenvalue weighted by Gasteiger charge is -2.21. The first kappa shape index (κ1) is 24.4. The summed E-state index contributed by atoms with van der Waals surface area (Å²) in [6.45, 7) is 5.08. The highest BCUT2D eigenvalue weighted by molar-refractivity contribution is 5.80. The van der Waals surface area contributed by atoms with Gasteiger partial charge in [0.25, 0.3) is 0 Å². The first-order chi connectivity index (χ1) is 16.9. The van der Waals surface area contributed by atoms with E-state index in [1.807, 2.05) is 44.3 Å². The van der Waals surface area contributed by atoms with E-state index in [-0.39, 0.29) is 18.3 Å². The van der Waals surface area contributed by atoms with E-state index in [0.29, 0.717) is 13.2 Å². The van der Waals surface area contributed by atoms with Gasteiger partial charge in [-0.15, -0.1) is 5.10 Å². The molecular weight excluding hydrogens is 442 g/mol. The van der Waals surface area contributed by atoms with Gasteiger partial charge in [-0.2, -0.15) is 0 Å². The molecule has 1 aromatic heterocycles. The second kappa shape index (κ2) is 10.7. The van der Waals surface area contributed by atoms with E-state index in [1.165, 1.54) is 7.11 Å². The molecule has 182 valence electrons. The van der Waals surface area contributed by atoms with Crippen molar-refractivity contribution < 1.29 is 19.0 Å². The van der Waals surface area contributed by atoms with Crippen LogP contribution in [0.4, 0.5) is 0 Å². The third kappa shape index (κ3) is 5.35. The van der Waals surface area contributed by atoms with Crippen LogP contribution in [0.1, 0.15) is 45.7 Å². The molecule has 0 aliphatic heterocycles. The van der Waals surface area contributed by atoms with Crippen molar-refractivity contribution >= 4 is 17.0 Å². The normalized spacial score (nSPS) is 12.0. The molecule has 0 N–H and O–H groups in total. The highest BCUT2D eigenvalue weighted by Crippen LogP contribution is 2.34. The standard InChI is InChI=1S/C28H31N3O4/c1-18-6-9-21(14-22(18)17-35-16-20-7-10-23(33-4)11-8-20)25(15-27(32)34-5)24-12-13-26-28(19(24)2)29-30-31(26)3/h6-14,25H,15-17H2,1-5H3/t25-/m0/s1. The van der Waals surface area contributed by atoms with Crippen LogP contribution in [0.25, 0.3) is 11.0 Å². The average molecular weight is 474 g/mol. The predicted molar refractivity (Wildman–Crippen MR) is 134 cm³/mol. The van der Waals surface area contributed by atoms with Crippen LogP contribution < -0.4 is 4.74 Å². The van der Waals surface area contributed by atoms with Crippen molar-refractivity contribution in [1.29, 1.82) is 0 Å². The lowest BCUT2D eigenvalue weighted by molar-refractivity contribution is -0.140. The molecule has 0 saturated carbocycles. The maximum Gasteiger partial charge on any atom is 0.306 e. The number of fused-ring (bicyclic) bond motifs is 1. The smallest absolute Gasteiger partial charge is 0.306 e. The van der Waals surface area contributed by atoms with E-state index in [1.54, 1.807) is 11.8 Å². The number of carbonyl (C=O) groups is 1. The molecule has 0 saturated heterocycles. The van der Waals surface area contributed by atoms with Crippen LogP contribution in [-0.2, 0) is 34.5 Å². The molecule has 0 radical (unpaired) electrons. The second-order valence-corrected chi connectivity index (χ2v) is 8.72. The van der Waals surface area contributed by atoms with Crippen molar-refractivity contribution in [2.24, 2.45) is 7.05 Å². The van der Waals surface area contributed by atoms with Gasteiger partial charge in [0.1, 0.15) is 11.3 Å². The van der Waals surface area contributed by atoms with Crippen molar-refractivity contribution in [1.82, 2.24) is 15.0 Å². The van der Waals surface area contributed by atoms with Gasteiger partial charge in [0.2, 0.25) is 0 Å². The minimum atomic E-state index is -0.258. The molecule has 7 heteroatoms. The van der Waals surface area contributed by atoms with Gasteiger partial charge in [-0.05, 0) is 65.4 Å². The number of ether oxygens (including phenoxy) is 3. The van der Waals surface area contributed by atoms with Crippen LogP contribution in [0, 0.1) is 13.8 Å². The molecule has 1 heterocycles. The zero-order valence-corrected chi connectivity index (χ0v) is 20.9. The molecule has 3 aromatic carbocycles. The largest absolute Gasteiger partial charge is 0.497 e. The third-order valence-corrected chi connectivity index (χ3v) is 6.51. The topological polar surface area (TPSA) is 75.5 Å². The molecule has 0 spiro atoms. The van der Waals surface area contributed by atoms with Crippen LogP contribution >= 0.6 is 0 Å². The number of rotatable bonds is 9. The molecule has 0 aliphatic carbocycles. The Morgan fingerprint density at radius 1 is 1.00 bits per heavy atom. The minimum Gasteiger partial charge on any atom is -0.497 e. The Balaban J connectivity index is 1.61. The summed E-state index contributed by atoms with van der Waals surface area (Å²) < 4.78 is 18.0. The fourth-order valence-electron chi connectivity index (χ4n) is 4.35. The first-order valence-corrected chi connectivity index (χ1v) is 11.6. The number of esters is 1. The SMILES string of the molecule is COC(=O)C[C@@H](c1ccc(C)c(COCc2ccc(OC)cc2)c1)c1ccc2c(nnn2C)c1C. The quantitative estimate of drug-likeness (QED) is 0.318. The number of carbonyl (C=O) groups excluding carboxylic acids is 1. The van der Waals surface area contributed by atoms with Crippen molar-refractivity contribution in [3.05, 3.63) is 88.0 Å². The van der Waals surface area contributed by atoms with E-state index >= 15 is 0 Å². The van der Waals surface area contributed by atoms with Gasteiger partial charge in [-0.1, -0.05) is 41.6 Å². The number of hydrogen-bond acceptors (Lipinski definition) is 6. The van der Waals surface area contributed by atoms with Crippen LogP contribution in [0.2, 0.25) is 0 Å². The van der Waals surface area contributed by atoms with Gasteiger partial charge in [0, 0.05) is 13.0 Å². The molecular formula is C28H31N3O4. The summed E-state index contributed by atoms with van der Waals surface area (Å²) in [5.74, 6) is 0.394. The van der Waals surface area contributed by atoms with E-state index in [9.17, 15) is 4.79 Å². The Labute approximate surface area is 205 Å². The zero-order valence-electron chi connectivity index (χ0n) is 20.9. The number of methoxy groups -OCH3 is 2. The van der Waals surface area contributed by atoms with Crippen LogP contribution in [0.5, 0.6) is 5.75 Å². The summed E-state index contributed by atoms with van der Waals surface area (Å²) in [6, 6.07) is 18.2. The van der Waals surface area contributed by atoms with Crippen LogP contribution in [-0.4, -0.2) is 35.2 Å².